The van der Waals surface area contributed by atoms with Gasteiger partial charge in [0.05, 0.1) is 25.8 Å². The highest BCUT2D eigenvalue weighted by molar-refractivity contribution is 9.10. The largest absolute Gasteiger partial charge is 0.490 e. The number of carbonyl (C=O) groups excluding carboxylic acids is 1. The number of anilines is 1. The average Bonchev–Trinajstić information content (AvgIpc) is 3.09. The van der Waals surface area contributed by atoms with Crippen molar-refractivity contribution in [1.29, 1.82) is 0 Å². The lowest BCUT2D eigenvalue weighted by molar-refractivity contribution is -0.115. The number of hydrogen-bond donors (Lipinski definition) is 1. The Balaban J connectivity index is 1.80. The molecular formula is C18H19BrN4O3. The number of benzene rings is 1. The second kappa shape index (κ2) is 8.18. The number of aromatic nitrogens is 3. The molecule has 0 aliphatic carbocycles. The van der Waals surface area contributed by atoms with Gasteiger partial charge in [-0.25, -0.2) is 4.98 Å². The van der Waals surface area contributed by atoms with Crippen LogP contribution in [0, 0.1) is 0 Å². The molecule has 0 spiro atoms. The highest BCUT2D eigenvalue weighted by Crippen LogP contribution is 2.34. The van der Waals surface area contributed by atoms with Crippen molar-refractivity contribution < 1.29 is 14.3 Å². The van der Waals surface area contributed by atoms with E-state index in [1.54, 1.807) is 29.0 Å². The molecule has 1 amide bonds. The first-order valence-electron chi connectivity index (χ1n) is 8.29. The minimum atomic E-state index is -0.166. The maximum Gasteiger partial charge on any atom is 0.229 e. The van der Waals surface area contributed by atoms with Crippen LogP contribution < -0.4 is 14.8 Å². The van der Waals surface area contributed by atoms with Crippen molar-refractivity contribution in [1.82, 2.24) is 14.6 Å². The number of ether oxygens (including phenoxy) is 2. The third-order valence-corrected chi connectivity index (χ3v) is 4.36. The summed E-state index contributed by atoms with van der Waals surface area (Å²) in [6, 6.07) is 7.13. The first-order valence-corrected chi connectivity index (χ1v) is 9.08. The fourth-order valence-corrected chi connectivity index (χ4v) is 3.00. The molecular weight excluding hydrogens is 400 g/mol. The van der Waals surface area contributed by atoms with Gasteiger partial charge < -0.3 is 14.8 Å². The van der Waals surface area contributed by atoms with E-state index < -0.39 is 0 Å². The fourth-order valence-electron chi connectivity index (χ4n) is 2.54. The summed E-state index contributed by atoms with van der Waals surface area (Å²) < 4.78 is 13.6. The van der Waals surface area contributed by atoms with Crippen molar-refractivity contribution in [3.8, 4) is 11.5 Å². The molecule has 8 heteroatoms. The van der Waals surface area contributed by atoms with Crippen LogP contribution in [0.1, 0.15) is 19.4 Å². The van der Waals surface area contributed by atoms with Gasteiger partial charge in [-0.3, -0.25) is 4.79 Å². The Kier molecular flexibility index (Phi) is 5.72. The Labute approximate surface area is 159 Å². The molecule has 0 unspecified atom stereocenters. The predicted molar refractivity (Wildman–Crippen MR) is 102 cm³/mol. The molecule has 2 heterocycles. The average molecular weight is 419 g/mol. The summed E-state index contributed by atoms with van der Waals surface area (Å²) in [5, 5.41) is 7.03. The number of nitrogens with one attached hydrogen (secondary N) is 1. The number of halogens is 1. The fraction of sp³-hybridized carbons (Fsp3) is 0.278. The van der Waals surface area contributed by atoms with E-state index in [4.69, 9.17) is 9.47 Å². The normalized spacial score (nSPS) is 10.7. The lowest BCUT2D eigenvalue weighted by Gasteiger charge is -2.14. The van der Waals surface area contributed by atoms with E-state index in [2.05, 4.69) is 31.3 Å². The maximum atomic E-state index is 12.5. The number of amides is 1. The standard InChI is InChI=1S/C18H19BrN4O3/c1-3-25-14-9-12(13(19)11-15(14)26-4-2)10-18(24)22-17-5-7-20-16-6-8-21-23(16)17/h5-9,11H,3-4,10H2,1-2H3,(H,22,24). The van der Waals surface area contributed by atoms with Gasteiger partial charge in [0, 0.05) is 16.7 Å². The van der Waals surface area contributed by atoms with E-state index in [-0.39, 0.29) is 12.3 Å². The first-order chi connectivity index (χ1) is 12.6. The summed E-state index contributed by atoms with van der Waals surface area (Å²) in [7, 11) is 0. The second-order valence-corrected chi connectivity index (χ2v) is 6.27. The summed E-state index contributed by atoms with van der Waals surface area (Å²) in [4.78, 5) is 16.7. The van der Waals surface area contributed by atoms with Gasteiger partial charge >= 0.3 is 0 Å². The third kappa shape index (κ3) is 3.96. The van der Waals surface area contributed by atoms with Crippen LogP contribution in [0.3, 0.4) is 0 Å². The van der Waals surface area contributed by atoms with Crippen LogP contribution in [0.15, 0.2) is 41.1 Å². The summed E-state index contributed by atoms with van der Waals surface area (Å²) in [5.41, 5.74) is 1.48. The molecule has 0 saturated carbocycles. The van der Waals surface area contributed by atoms with E-state index >= 15 is 0 Å². The zero-order chi connectivity index (χ0) is 18.5. The zero-order valence-corrected chi connectivity index (χ0v) is 16.1. The van der Waals surface area contributed by atoms with Gasteiger partial charge in [-0.1, -0.05) is 15.9 Å². The second-order valence-electron chi connectivity index (χ2n) is 5.41. The topological polar surface area (TPSA) is 77.8 Å². The van der Waals surface area contributed by atoms with E-state index in [1.807, 2.05) is 26.0 Å². The summed E-state index contributed by atoms with van der Waals surface area (Å²) in [6.07, 6.45) is 3.44. The Morgan fingerprint density at radius 1 is 1.15 bits per heavy atom. The Bertz CT molecular complexity index is 926. The molecule has 0 atom stereocenters. The predicted octanol–water partition coefficient (Wildman–Crippen LogP) is 3.47. The molecule has 26 heavy (non-hydrogen) atoms. The highest BCUT2D eigenvalue weighted by Gasteiger charge is 2.14. The van der Waals surface area contributed by atoms with Crippen LogP contribution in [0.5, 0.6) is 11.5 Å². The lowest BCUT2D eigenvalue weighted by atomic mass is 10.1. The SMILES string of the molecule is CCOc1cc(Br)c(CC(=O)Nc2ccnc3ccnn23)cc1OCC. The van der Waals surface area contributed by atoms with Crippen molar-refractivity contribution in [2.24, 2.45) is 0 Å². The summed E-state index contributed by atoms with van der Waals surface area (Å²) in [6.45, 7) is 4.87. The molecule has 1 aromatic carbocycles. The molecule has 2 aromatic heterocycles. The van der Waals surface area contributed by atoms with Crippen LogP contribution >= 0.6 is 15.9 Å². The molecule has 0 bridgehead atoms. The molecule has 136 valence electrons. The third-order valence-electron chi connectivity index (χ3n) is 3.62. The molecule has 3 aromatic rings. The molecule has 7 nitrogen and oxygen atoms in total. The van der Waals surface area contributed by atoms with Crippen LogP contribution in [0.25, 0.3) is 5.65 Å². The Morgan fingerprint density at radius 2 is 1.88 bits per heavy atom. The van der Waals surface area contributed by atoms with Gasteiger partial charge in [-0.15, -0.1) is 0 Å². The molecule has 0 radical (unpaired) electrons. The van der Waals surface area contributed by atoms with Crippen molar-refractivity contribution >= 4 is 33.3 Å². The van der Waals surface area contributed by atoms with Crippen LogP contribution in [0.2, 0.25) is 0 Å². The van der Waals surface area contributed by atoms with Crippen LogP contribution in [-0.2, 0) is 11.2 Å². The van der Waals surface area contributed by atoms with Gasteiger partial charge in [0.25, 0.3) is 0 Å². The van der Waals surface area contributed by atoms with Crippen LogP contribution in [0.4, 0.5) is 5.82 Å². The quantitative estimate of drug-likeness (QED) is 0.635. The van der Waals surface area contributed by atoms with Crippen molar-refractivity contribution in [3.05, 3.63) is 46.7 Å². The molecule has 1 N–H and O–H groups in total. The first kappa shape index (κ1) is 18.2. The van der Waals surface area contributed by atoms with Gasteiger partial charge in [0.1, 0.15) is 5.82 Å². The van der Waals surface area contributed by atoms with E-state index in [1.165, 1.54) is 0 Å². The van der Waals surface area contributed by atoms with Crippen LogP contribution in [-0.4, -0.2) is 33.7 Å². The molecule has 0 fully saturated rings. The van der Waals surface area contributed by atoms with Crippen molar-refractivity contribution in [3.63, 3.8) is 0 Å². The lowest BCUT2D eigenvalue weighted by Crippen LogP contribution is -2.17. The van der Waals surface area contributed by atoms with Gasteiger partial charge in [-0.2, -0.15) is 9.61 Å². The molecule has 0 aliphatic heterocycles. The summed E-state index contributed by atoms with van der Waals surface area (Å²) >= 11 is 3.51. The zero-order valence-electron chi connectivity index (χ0n) is 14.5. The minimum absolute atomic E-state index is 0.166. The van der Waals surface area contributed by atoms with E-state index in [9.17, 15) is 4.79 Å². The number of rotatable bonds is 7. The van der Waals surface area contributed by atoms with Gasteiger partial charge in [0.2, 0.25) is 5.91 Å². The minimum Gasteiger partial charge on any atom is -0.490 e. The summed E-state index contributed by atoms with van der Waals surface area (Å²) in [5.74, 6) is 1.67. The monoisotopic (exact) mass is 418 g/mol. The maximum absolute atomic E-state index is 12.5. The number of fused-ring (bicyclic) bond motifs is 1. The Morgan fingerprint density at radius 3 is 2.62 bits per heavy atom. The number of hydrogen-bond acceptors (Lipinski definition) is 5. The van der Waals surface area contributed by atoms with Crippen molar-refractivity contribution in [2.45, 2.75) is 20.3 Å². The molecule has 0 saturated heterocycles. The van der Waals surface area contributed by atoms with Crippen molar-refractivity contribution in [2.75, 3.05) is 18.5 Å². The molecule has 0 aliphatic rings. The number of carbonyl (C=O) groups is 1. The Hall–Kier alpha value is -2.61. The number of nitrogens with zero attached hydrogens (tertiary/aromatic N) is 3. The highest BCUT2D eigenvalue weighted by atomic mass is 79.9. The van der Waals surface area contributed by atoms with E-state index in [0.29, 0.717) is 36.2 Å². The molecule has 3 rings (SSSR count). The van der Waals surface area contributed by atoms with E-state index in [0.717, 1.165) is 10.0 Å². The smallest absolute Gasteiger partial charge is 0.229 e. The van der Waals surface area contributed by atoms with Gasteiger partial charge in [-0.05, 0) is 37.6 Å². The van der Waals surface area contributed by atoms with Gasteiger partial charge in [0.15, 0.2) is 17.1 Å².